The summed E-state index contributed by atoms with van der Waals surface area (Å²) in [4.78, 5) is 26.9. The number of carbonyl (C=O) groups is 2. The first-order chi connectivity index (χ1) is 12.3. The first-order valence-corrected chi connectivity index (χ1v) is 8.88. The highest BCUT2D eigenvalue weighted by Gasteiger charge is 2.34. The van der Waals surface area contributed by atoms with E-state index in [4.69, 9.17) is 16.4 Å². The lowest BCUT2D eigenvalue weighted by Gasteiger charge is -2.34. The summed E-state index contributed by atoms with van der Waals surface area (Å²) in [5.41, 5.74) is 7.35. The van der Waals surface area contributed by atoms with E-state index in [1.165, 1.54) is 5.01 Å². The van der Waals surface area contributed by atoms with Gasteiger partial charge in [0.05, 0.1) is 11.4 Å². The van der Waals surface area contributed by atoms with E-state index in [0.717, 1.165) is 25.1 Å². The Morgan fingerprint density at radius 2 is 2.15 bits per heavy atom. The predicted octanol–water partition coefficient (Wildman–Crippen LogP) is 0.845. The third kappa shape index (κ3) is 5.80. The van der Waals surface area contributed by atoms with Gasteiger partial charge in [-0.15, -0.1) is 0 Å². The topological polar surface area (TPSA) is 120 Å². The Morgan fingerprint density at radius 3 is 2.58 bits per heavy atom. The Hall–Kier alpha value is -2.48. The van der Waals surface area contributed by atoms with Crippen molar-refractivity contribution in [3.63, 3.8) is 0 Å². The Bertz CT molecular complexity index is 585. The van der Waals surface area contributed by atoms with Crippen LogP contribution in [0, 0.1) is 5.92 Å². The minimum Gasteiger partial charge on any atom is -0.396 e. The molecule has 1 fully saturated rings. The molecule has 2 rings (SSSR count). The molecule has 2 unspecified atom stereocenters. The molecule has 1 aromatic heterocycles. The zero-order chi connectivity index (χ0) is 19.7. The van der Waals surface area contributed by atoms with Crippen molar-refractivity contribution in [2.75, 3.05) is 13.6 Å². The van der Waals surface area contributed by atoms with E-state index in [1.807, 2.05) is 30.9 Å². The van der Waals surface area contributed by atoms with Crippen molar-refractivity contribution >= 4 is 18.0 Å². The van der Waals surface area contributed by atoms with E-state index < -0.39 is 6.04 Å². The SMILES string of the molecule is CC(C)C(C(=O)N1CCCC1C)N(N)/C=C(\N)c1ccc[nH]1.CNC=O. The van der Waals surface area contributed by atoms with E-state index in [0.29, 0.717) is 12.1 Å². The molecule has 1 aliphatic heterocycles. The van der Waals surface area contributed by atoms with Gasteiger partial charge in [-0.05, 0) is 37.8 Å². The smallest absolute Gasteiger partial charge is 0.247 e. The van der Waals surface area contributed by atoms with Crippen molar-refractivity contribution < 1.29 is 9.59 Å². The van der Waals surface area contributed by atoms with Crippen molar-refractivity contribution in [3.8, 4) is 0 Å². The zero-order valence-electron chi connectivity index (χ0n) is 16.1. The average Bonchev–Trinajstić information content (AvgIpc) is 3.26. The van der Waals surface area contributed by atoms with Crippen molar-refractivity contribution in [2.45, 2.75) is 45.7 Å². The summed E-state index contributed by atoms with van der Waals surface area (Å²) in [6.45, 7) is 6.91. The van der Waals surface area contributed by atoms with Gasteiger partial charge in [0.25, 0.3) is 0 Å². The van der Waals surface area contributed by atoms with Crippen LogP contribution in [0.15, 0.2) is 24.5 Å². The maximum Gasteiger partial charge on any atom is 0.247 e. The van der Waals surface area contributed by atoms with Gasteiger partial charge in [-0.3, -0.25) is 9.59 Å². The van der Waals surface area contributed by atoms with Crippen LogP contribution in [0.2, 0.25) is 0 Å². The standard InChI is InChI=1S/C16H27N5O.C2H5NO/c1-11(2)15(16(22)20-9-5-6-12(20)3)21(18)10-13(17)14-7-4-8-19-14;1-3-2-4/h4,7-8,10-12,15,19H,5-6,9,17-18H2,1-3H3;2H,1H3,(H,3,4)/b13-10-;. The van der Waals surface area contributed by atoms with Gasteiger partial charge >= 0.3 is 0 Å². The molecule has 1 aliphatic rings. The van der Waals surface area contributed by atoms with Crippen molar-refractivity contribution in [1.82, 2.24) is 20.2 Å². The van der Waals surface area contributed by atoms with Gasteiger partial charge in [0.2, 0.25) is 12.3 Å². The van der Waals surface area contributed by atoms with Crippen molar-refractivity contribution in [2.24, 2.45) is 17.5 Å². The number of hydrogen-bond donors (Lipinski definition) is 4. The van der Waals surface area contributed by atoms with Crippen LogP contribution in [0.4, 0.5) is 0 Å². The van der Waals surface area contributed by atoms with E-state index in [9.17, 15) is 4.79 Å². The number of hydrogen-bond acceptors (Lipinski definition) is 5. The fourth-order valence-corrected chi connectivity index (χ4v) is 3.01. The Kier molecular flexibility index (Phi) is 8.71. The summed E-state index contributed by atoms with van der Waals surface area (Å²) in [6.07, 6.45) is 6.17. The molecule has 146 valence electrons. The Morgan fingerprint density at radius 1 is 1.50 bits per heavy atom. The van der Waals surface area contributed by atoms with Gasteiger partial charge in [0, 0.05) is 32.0 Å². The van der Waals surface area contributed by atoms with Crippen LogP contribution < -0.4 is 16.9 Å². The summed E-state index contributed by atoms with van der Waals surface area (Å²) in [5.74, 6) is 6.33. The molecule has 0 aliphatic carbocycles. The van der Waals surface area contributed by atoms with Crippen molar-refractivity contribution in [1.29, 1.82) is 0 Å². The van der Waals surface area contributed by atoms with Gasteiger partial charge in [-0.25, -0.2) is 5.84 Å². The number of nitrogens with two attached hydrogens (primary N) is 2. The molecule has 2 amide bonds. The third-order valence-electron chi connectivity index (χ3n) is 4.36. The van der Waals surface area contributed by atoms with Crippen LogP contribution in [0.5, 0.6) is 0 Å². The number of carbonyl (C=O) groups excluding carboxylic acids is 2. The molecule has 2 atom stereocenters. The van der Waals surface area contributed by atoms with Crippen LogP contribution in [0.3, 0.4) is 0 Å². The highest BCUT2D eigenvalue weighted by molar-refractivity contribution is 5.83. The van der Waals surface area contributed by atoms with Gasteiger partial charge < -0.3 is 25.9 Å². The predicted molar refractivity (Wildman–Crippen MR) is 103 cm³/mol. The second kappa shape index (κ2) is 10.5. The fourth-order valence-electron chi connectivity index (χ4n) is 3.01. The average molecular weight is 364 g/mol. The lowest BCUT2D eigenvalue weighted by Crippen LogP contribution is -2.53. The number of H-pyrrole nitrogens is 1. The molecule has 26 heavy (non-hydrogen) atoms. The van der Waals surface area contributed by atoms with Gasteiger partial charge in [0.1, 0.15) is 6.04 Å². The number of aromatic nitrogens is 1. The largest absolute Gasteiger partial charge is 0.396 e. The molecular formula is C18H32N6O2. The fraction of sp³-hybridized carbons (Fsp3) is 0.556. The van der Waals surface area contributed by atoms with Crippen LogP contribution in [0.25, 0.3) is 5.70 Å². The first-order valence-electron chi connectivity index (χ1n) is 8.88. The Balaban J connectivity index is 0.000000765. The Labute approximate surface area is 155 Å². The lowest BCUT2D eigenvalue weighted by molar-refractivity contribution is -0.138. The first kappa shape index (κ1) is 21.6. The molecule has 0 saturated carbocycles. The number of aromatic amines is 1. The van der Waals surface area contributed by atoms with Crippen LogP contribution >= 0.6 is 0 Å². The van der Waals surface area contributed by atoms with Crippen LogP contribution in [-0.2, 0) is 9.59 Å². The zero-order valence-corrected chi connectivity index (χ0v) is 16.1. The van der Waals surface area contributed by atoms with E-state index in [-0.39, 0.29) is 17.9 Å². The third-order valence-corrected chi connectivity index (χ3v) is 4.36. The van der Waals surface area contributed by atoms with E-state index in [1.54, 1.807) is 19.4 Å². The molecule has 1 aromatic rings. The number of nitrogens with one attached hydrogen (secondary N) is 2. The summed E-state index contributed by atoms with van der Waals surface area (Å²) >= 11 is 0. The molecule has 8 heteroatoms. The highest BCUT2D eigenvalue weighted by Crippen LogP contribution is 2.21. The molecule has 6 N–H and O–H groups in total. The van der Waals surface area contributed by atoms with E-state index >= 15 is 0 Å². The molecule has 0 spiro atoms. The highest BCUT2D eigenvalue weighted by atomic mass is 16.2. The molecule has 1 saturated heterocycles. The lowest BCUT2D eigenvalue weighted by atomic mass is 10.0. The monoisotopic (exact) mass is 364 g/mol. The second-order valence-corrected chi connectivity index (χ2v) is 6.73. The summed E-state index contributed by atoms with van der Waals surface area (Å²) < 4.78 is 0. The number of hydrazine groups is 1. The maximum absolute atomic E-state index is 12.8. The van der Waals surface area contributed by atoms with Crippen molar-refractivity contribution in [3.05, 3.63) is 30.2 Å². The molecule has 0 aromatic carbocycles. The summed E-state index contributed by atoms with van der Waals surface area (Å²) in [5, 5.41) is 3.70. The second-order valence-electron chi connectivity index (χ2n) is 6.73. The van der Waals surface area contributed by atoms with Crippen LogP contribution in [0.1, 0.15) is 39.3 Å². The minimum absolute atomic E-state index is 0.0815. The summed E-state index contributed by atoms with van der Waals surface area (Å²) in [7, 11) is 1.56. The minimum atomic E-state index is -0.408. The molecule has 8 nitrogen and oxygen atoms in total. The number of likely N-dealkylation sites (tertiary alicyclic amines) is 1. The van der Waals surface area contributed by atoms with Gasteiger partial charge in [0.15, 0.2) is 0 Å². The number of nitrogens with zero attached hydrogens (tertiary/aromatic N) is 2. The quantitative estimate of drug-likeness (QED) is 0.339. The maximum atomic E-state index is 12.8. The normalized spacial score (nSPS) is 18.2. The number of rotatable bonds is 6. The molecular weight excluding hydrogens is 332 g/mol. The van der Waals surface area contributed by atoms with Gasteiger partial charge in [-0.2, -0.15) is 0 Å². The summed E-state index contributed by atoms with van der Waals surface area (Å²) in [6, 6.07) is 3.61. The molecule has 0 bridgehead atoms. The molecule has 0 radical (unpaired) electrons. The molecule has 2 heterocycles. The van der Waals surface area contributed by atoms with Crippen LogP contribution in [-0.4, -0.2) is 52.9 Å². The van der Waals surface area contributed by atoms with Gasteiger partial charge in [-0.1, -0.05) is 13.8 Å². The number of amides is 2. The van der Waals surface area contributed by atoms with E-state index in [2.05, 4.69) is 17.2 Å².